The number of hydrogen-bond donors (Lipinski definition) is 2. The normalized spacial score (nSPS) is 24.9. The number of aliphatic hydroxyl groups is 1. The third-order valence-electron chi connectivity index (χ3n) is 2.82. The molecule has 0 aliphatic carbocycles. The zero-order valence-corrected chi connectivity index (χ0v) is 8.48. The summed E-state index contributed by atoms with van der Waals surface area (Å²) in [5.74, 6) is 0.318. The number of rotatable bonds is 2. The van der Waals surface area contributed by atoms with Gasteiger partial charge in [0, 0.05) is 25.7 Å². The van der Waals surface area contributed by atoms with Crippen LogP contribution < -0.4 is 5.32 Å². The number of piperidine rings is 1. The van der Waals surface area contributed by atoms with Crippen LogP contribution in [-0.4, -0.2) is 28.0 Å². The Balaban J connectivity index is 2.03. The number of nitrogens with zero attached hydrogens (tertiary/aromatic N) is 2. The van der Waals surface area contributed by atoms with Crippen LogP contribution in [0.2, 0.25) is 0 Å². The maximum absolute atomic E-state index is 10.0. The molecule has 78 valence electrons. The lowest BCUT2D eigenvalue weighted by molar-refractivity contribution is 0.0878. The Bertz CT molecular complexity index is 291. The van der Waals surface area contributed by atoms with Crippen molar-refractivity contribution in [1.29, 1.82) is 0 Å². The number of nitrogens with one attached hydrogen (secondary N) is 1. The van der Waals surface area contributed by atoms with E-state index in [1.165, 1.54) is 0 Å². The van der Waals surface area contributed by atoms with Gasteiger partial charge in [-0.15, -0.1) is 0 Å². The molecule has 2 unspecified atom stereocenters. The highest BCUT2D eigenvalue weighted by Crippen LogP contribution is 2.25. The standard InChI is InChI=1S/C10H17N3O/c1-13-6-4-9(12-13)10(14)8-3-2-5-11-7-8/h4,6,8,10-11,14H,2-3,5,7H2,1H3. The topological polar surface area (TPSA) is 50.1 Å². The smallest absolute Gasteiger partial charge is 0.102 e. The Morgan fingerprint density at radius 2 is 2.57 bits per heavy atom. The lowest BCUT2D eigenvalue weighted by Crippen LogP contribution is -2.33. The first-order valence-corrected chi connectivity index (χ1v) is 5.15. The minimum atomic E-state index is -0.413. The molecule has 1 aliphatic heterocycles. The van der Waals surface area contributed by atoms with Crippen LogP contribution in [-0.2, 0) is 7.05 Å². The van der Waals surface area contributed by atoms with E-state index in [1.54, 1.807) is 4.68 Å². The third-order valence-corrected chi connectivity index (χ3v) is 2.82. The molecule has 0 bridgehead atoms. The maximum atomic E-state index is 10.0. The highest BCUT2D eigenvalue weighted by atomic mass is 16.3. The largest absolute Gasteiger partial charge is 0.386 e. The number of hydrogen-bond acceptors (Lipinski definition) is 3. The van der Waals surface area contributed by atoms with Gasteiger partial charge in [-0.3, -0.25) is 4.68 Å². The second-order valence-corrected chi connectivity index (χ2v) is 3.97. The lowest BCUT2D eigenvalue weighted by Gasteiger charge is -2.26. The van der Waals surface area contributed by atoms with Crippen LogP contribution in [0.5, 0.6) is 0 Å². The quantitative estimate of drug-likeness (QED) is 0.720. The van der Waals surface area contributed by atoms with Crippen LogP contribution in [0.25, 0.3) is 0 Å². The van der Waals surface area contributed by atoms with Crippen molar-refractivity contribution in [3.05, 3.63) is 18.0 Å². The molecule has 14 heavy (non-hydrogen) atoms. The zero-order valence-electron chi connectivity index (χ0n) is 8.48. The molecule has 2 atom stereocenters. The van der Waals surface area contributed by atoms with Gasteiger partial charge in [-0.1, -0.05) is 0 Å². The van der Waals surface area contributed by atoms with Crippen LogP contribution in [0.4, 0.5) is 0 Å². The zero-order chi connectivity index (χ0) is 9.97. The molecular weight excluding hydrogens is 178 g/mol. The van der Waals surface area contributed by atoms with Gasteiger partial charge in [0.05, 0.1) is 5.69 Å². The van der Waals surface area contributed by atoms with Crippen molar-refractivity contribution in [3.63, 3.8) is 0 Å². The summed E-state index contributed by atoms with van der Waals surface area (Å²) in [5, 5.41) is 17.6. The van der Waals surface area contributed by atoms with Crippen molar-refractivity contribution >= 4 is 0 Å². The minimum absolute atomic E-state index is 0.318. The highest BCUT2D eigenvalue weighted by molar-refractivity contribution is 5.04. The monoisotopic (exact) mass is 195 g/mol. The molecule has 1 saturated heterocycles. The van der Waals surface area contributed by atoms with E-state index in [2.05, 4.69) is 10.4 Å². The summed E-state index contributed by atoms with van der Waals surface area (Å²) in [6.45, 7) is 1.98. The fraction of sp³-hybridized carbons (Fsp3) is 0.700. The van der Waals surface area contributed by atoms with E-state index < -0.39 is 6.10 Å². The van der Waals surface area contributed by atoms with Crippen LogP contribution in [0.15, 0.2) is 12.3 Å². The first kappa shape index (κ1) is 9.68. The first-order chi connectivity index (χ1) is 6.77. The summed E-state index contributed by atoms with van der Waals surface area (Å²) < 4.78 is 1.73. The Kier molecular flexibility index (Phi) is 2.84. The predicted octanol–water partition coefficient (Wildman–Crippen LogP) is 0.453. The van der Waals surface area contributed by atoms with E-state index in [0.29, 0.717) is 5.92 Å². The Hall–Kier alpha value is -0.870. The fourth-order valence-electron chi connectivity index (χ4n) is 1.98. The molecule has 1 aromatic rings. The van der Waals surface area contributed by atoms with Crippen LogP contribution in [0, 0.1) is 5.92 Å². The molecule has 0 radical (unpaired) electrons. The molecule has 4 nitrogen and oxygen atoms in total. The van der Waals surface area contributed by atoms with Crippen molar-refractivity contribution in [2.24, 2.45) is 13.0 Å². The van der Waals surface area contributed by atoms with Crippen molar-refractivity contribution in [2.45, 2.75) is 18.9 Å². The third kappa shape index (κ3) is 1.96. The molecule has 2 N–H and O–H groups in total. The molecular formula is C10H17N3O. The molecule has 1 aromatic heterocycles. The van der Waals surface area contributed by atoms with Gasteiger partial charge >= 0.3 is 0 Å². The second-order valence-electron chi connectivity index (χ2n) is 3.97. The Morgan fingerprint density at radius 1 is 1.71 bits per heavy atom. The van der Waals surface area contributed by atoms with Gasteiger partial charge in [0.1, 0.15) is 6.10 Å². The van der Waals surface area contributed by atoms with E-state index in [4.69, 9.17) is 0 Å². The van der Waals surface area contributed by atoms with E-state index in [9.17, 15) is 5.11 Å². The fourth-order valence-corrected chi connectivity index (χ4v) is 1.98. The van der Waals surface area contributed by atoms with Crippen molar-refractivity contribution in [1.82, 2.24) is 15.1 Å². The maximum Gasteiger partial charge on any atom is 0.102 e. The minimum Gasteiger partial charge on any atom is -0.386 e. The lowest BCUT2D eigenvalue weighted by atomic mass is 9.92. The van der Waals surface area contributed by atoms with Gasteiger partial charge in [-0.25, -0.2) is 0 Å². The van der Waals surface area contributed by atoms with E-state index in [1.807, 2.05) is 19.3 Å². The average molecular weight is 195 g/mol. The SMILES string of the molecule is Cn1ccc(C(O)C2CCCNC2)n1. The van der Waals surface area contributed by atoms with E-state index in [0.717, 1.165) is 31.6 Å². The molecule has 1 fully saturated rings. The molecule has 0 amide bonds. The van der Waals surface area contributed by atoms with Crippen molar-refractivity contribution < 1.29 is 5.11 Å². The number of aromatic nitrogens is 2. The summed E-state index contributed by atoms with van der Waals surface area (Å²) in [7, 11) is 1.87. The molecule has 2 rings (SSSR count). The van der Waals surface area contributed by atoms with E-state index in [-0.39, 0.29) is 0 Å². The molecule has 1 aliphatic rings. The molecule has 0 aromatic carbocycles. The van der Waals surface area contributed by atoms with Crippen molar-refractivity contribution in [3.8, 4) is 0 Å². The summed E-state index contributed by atoms with van der Waals surface area (Å²) in [5.41, 5.74) is 0.793. The van der Waals surface area contributed by atoms with Crippen LogP contribution >= 0.6 is 0 Å². The summed E-state index contributed by atoms with van der Waals surface area (Å²) in [6.07, 6.45) is 3.69. The Morgan fingerprint density at radius 3 is 3.14 bits per heavy atom. The Labute approximate surface area is 83.9 Å². The van der Waals surface area contributed by atoms with Gasteiger partial charge in [-0.2, -0.15) is 5.10 Å². The summed E-state index contributed by atoms with van der Waals surface area (Å²) in [6, 6.07) is 1.89. The van der Waals surface area contributed by atoms with Gasteiger partial charge in [0.15, 0.2) is 0 Å². The number of aliphatic hydroxyl groups excluding tert-OH is 1. The summed E-state index contributed by atoms with van der Waals surface area (Å²) >= 11 is 0. The molecule has 4 heteroatoms. The second kappa shape index (κ2) is 4.11. The van der Waals surface area contributed by atoms with Crippen LogP contribution in [0.1, 0.15) is 24.6 Å². The highest BCUT2D eigenvalue weighted by Gasteiger charge is 2.24. The molecule has 2 heterocycles. The predicted molar refractivity (Wildman–Crippen MR) is 53.8 cm³/mol. The molecule has 0 saturated carbocycles. The van der Waals surface area contributed by atoms with Crippen LogP contribution in [0.3, 0.4) is 0 Å². The number of aryl methyl sites for hydroxylation is 1. The summed E-state index contributed by atoms with van der Waals surface area (Å²) in [4.78, 5) is 0. The van der Waals surface area contributed by atoms with Gasteiger partial charge in [-0.05, 0) is 25.5 Å². The van der Waals surface area contributed by atoms with Crippen molar-refractivity contribution in [2.75, 3.05) is 13.1 Å². The van der Waals surface area contributed by atoms with Gasteiger partial charge in [0.25, 0.3) is 0 Å². The van der Waals surface area contributed by atoms with Gasteiger partial charge < -0.3 is 10.4 Å². The van der Waals surface area contributed by atoms with E-state index >= 15 is 0 Å². The molecule has 0 spiro atoms. The first-order valence-electron chi connectivity index (χ1n) is 5.15. The van der Waals surface area contributed by atoms with Gasteiger partial charge in [0.2, 0.25) is 0 Å². The average Bonchev–Trinajstić information content (AvgIpc) is 2.65.